The highest BCUT2D eigenvalue weighted by atomic mass is 19.4. The monoisotopic (exact) mass is 423 g/mol. The first kappa shape index (κ1) is 19.7. The summed E-state index contributed by atoms with van der Waals surface area (Å²) in [6, 6.07) is 8.71. The molecular weight excluding hydrogens is 412 g/mol. The number of hydrogen-bond donors (Lipinski definition) is 1. The highest BCUT2D eigenvalue weighted by Gasteiger charge is 2.39. The minimum atomic E-state index is -4.72. The first-order chi connectivity index (χ1) is 14.1. The molecule has 0 atom stereocenters. The minimum absolute atomic E-state index is 0.0654. The van der Waals surface area contributed by atoms with Gasteiger partial charge in [0.05, 0.1) is 34.7 Å². The fourth-order valence-electron chi connectivity index (χ4n) is 2.89. The molecule has 1 aromatic carbocycles. The molecule has 3 aromatic heterocycles. The van der Waals surface area contributed by atoms with E-state index < -0.39 is 23.6 Å². The van der Waals surface area contributed by atoms with Gasteiger partial charge in [-0.3, -0.25) is 4.98 Å². The fraction of sp³-hybridized carbons (Fsp3) is 0.105. The second-order valence-corrected chi connectivity index (χ2v) is 6.24. The third kappa shape index (κ3) is 3.78. The maximum atomic E-state index is 13.5. The minimum Gasteiger partial charge on any atom is -0.339 e. The Bertz CT molecular complexity index is 1190. The lowest BCUT2D eigenvalue weighted by molar-refractivity contribution is -0.141. The highest BCUT2D eigenvalue weighted by molar-refractivity contribution is 5.81. The number of hydrogen-bond acceptors (Lipinski definition) is 4. The van der Waals surface area contributed by atoms with E-state index in [9.17, 15) is 26.3 Å². The van der Waals surface area contributed by atoms with Crippen LogP contribution < -0.4 is 5.32 Å². The molecule has 3 heterocycles. The van der Waals surface area contributed by atoms with Gasteiger partial charge >= 0.3 is 12.4 Å². The molecule has 0 saturated carbocycles. The summed E-state index contributed by atoms with van der Waals surface area (Å²) in [5, 5.41) is 6.35. The van der Waals surface area contributed by atoms with Crippen LogP contribution in [0.15, 0.2) is 61.1 Å². The summed E-state index contributed by atoms with van der Waals surface area (Å²) < 4.78 is 79.7. The zero-order valence-electron chi connectivity index (χ0n) is 14.8. The number of rotatable bonds is 3. The predicted octanol–water partition coefficient (Wildman–Crippen LogP) is 5.57. The zero-order valence-corrected chi connectivity index (χ0v) is 14.8. The molecule has 5 nitrogen and oxygen atoms in total. The highest BCUT2D eigenvalue weighted by Crippen LogP contribution is 2.38. The van der Waals surface area contributed by atoms with Gasteiger partial charge in [-0.25, -0.2) is 9.50 Å². The van der Waals surface area contributed by atoms with E-state index in [1.807, 2.05) is 0 Å². The maximum absolute atomic E-state index is 13.5. The Morgan fingerprint density at radius 2 is 1.57 bits per heavy atom. The van der Waals surface area contributed by atoms with Crippen molar-refractivity contribution in [1.29, 1.82) is 0 Å². The van der Waals surface area contributed by atoms with Gasteiger partial charge in [0.15, 0.2) is 5.69 Å². The summed E-state index contributed by atoms with van der Waals surface area (Å²) in [6.45, 7) is 0. The van der Waals surface area contributed by atoms with Crippen molar-refractivity contribution in [3.05, 3.63) is 72.3 Å². The molecule has 0 unspecified atom stereocenters. The van der Waals surface area contributed by atoms with Crippen LogP contribution in [0.25, 0.3) is 16.8 Å². The molecule has 0 aliphatic carbocycles. The first-order valence-electron chi connectivity index (χ1n) is 8.44. The van der Waals surface area contributed by atoms with Gasteiger partial charge < -0.3 is 5.32 Å². The summed E-state index contributed by atoms with van der Waals surface area (Å²) in [6.07, 6.45) is -5.40. The summed E-state index contributed by atoms with van der Waals surface area (Å²) in [7, 11) is 0. The van der Waals surface area contributed by atoms with Crippen molar-refractivity contribution in [1.82, 2.24) is 19.6 Å². The van der Waals surface area contributed by atoms with Crippen molar-refractivity contribution in [3.63, 3.8) is 0 Å². The molecule has 4 aromatic rings. The van der Waals surface area contributed by atoms with Crippen LogP contribution in [0, 0.1) is 0 Å². The van der Waals surface area contributed by atoms with E-state index in [1.165, 1.54) is 36.7 Å². The first-order valence-corrected chi connectivity index (χ1v) is 8.44. The number of nitrogens with one attached hydrogen (secondary N) is 1. The number of fused-ring (bicyclic) bond motifs is 1. The molecule has 0 aliphatic rings. The van der Waals surface area contributed by atoms with Crippen LogP contribution >= 0.6 is 0 Å². The fourth-order valence-corrected chi connectivity index (χ4v) is 2.89. The van der Waals surface area contributed by atoms with Gasteiger partial charge in [0.1, 0.15) is 5.82 Å². The van der Waals surface area contributed by atoms with Crippen LogP contribution in [0.2, 0.25) is 0 Å². The number of nitrogens with zero attached hydrogens (tertiary/aromatic N) is 4. The molecular formula is C19H11F6N5. The van der Waals surface area contributed by atoms with E-state index in [2.05, 4.69) is 20.4 Å². The number of anilines is 2. The lowest BCUT2D eigenvalue weighted by atomic mass is 10.1. The van der Waals surface area contributed by atoms with Crippen molar-refractivity contribution in [3.8, 4) is 11.3 Å². The summed E-state index contributed by atoms with van der Waals surface area (Å²) in [5.41, 5.74) is -1.81. The van der Waals surface area contributed by atoms with Crippen molar-refractivity contribution in [2.24, 2.45) is 0 Å². The third-order valence-corrected chi connectivity index (χ3v) is 4.18. The van der Waals surface area contributed by atoms with Gasteiger partial charge in [0.25, 0.3) is 0 Å². The maximum Gasteiger partial charge on any atom is 0.435 e. The van der Waals surface area contributed by atoms with Crippen LogP contribution in [-0.2, 0) is 12.4 Å². The Morgan fingerprint density at radius 1 is 0.833 bits per heavy atom. The van der Waals surface area contributed by atoms with Gasteiger partial charge in [0, 0.05) is 11.9 Å². The zero-order chi connectivity index (χ0) is 21.5. The Labute approximate surface area is 165 Å². The molecule has 30 heavy (non-hydrogen) atoms. The van der Waals surface area contributed by atoms with Crippen LogP contribution in [-0.4, -0.2) is 19.6 Å². The van der Waals surface area contributed by atoms with Crippen molar-refractivity contribution >= 4 is 17.0 Å². The SMILES string of the molecule is FC(F)(F)c1ccc(Nc2cncc(-c3c(C(F)(F)F)nn4ccccc34)n2)cc1. The second-order valence-electron chi connectivity index (χ2n) is 6.24. The average molecular weight is 423 g/mol. The predicted molar refractivity (Wildman–Crippen MR) is 95.9 cm³/mol. The number of aromatic nitrogens is 4. The molecule has 0 bridgehead atoms. The largest absolute Gasteiger partial charge is 0.435 e. The molecule has 1 N–H and O–H groups in total. The quantitative estimate of drug-likeness (QED) is 0.438. The van der Waals surface area contributed by atoms with Gasteiger partial charge in [-0.15, -0.1) is 0 Å². The standard InChI is InChI=1S/C19H11F6N5/c20-18(21,22)11-4-6-12(7-5-11)27-15-10-26-9-13(28-15)16-14-3-1-2-8-30(14)29-17(16)19(23,24)25/h1-10H,(H,27,28). The summed E-state index contributed by atoms with van der Waals surface area (Å²) in [4.78, 5) is 8.07. The van der Waals surface area contributed by atoms with Gasteiger partial charge in [-0.2, -0.15) is 31.4 Å². The summed E-state index contributed by atoms with van der Waals surface area (Å²) >= 11 is 0. The van der Waals surface area contributed by atoms with Crippen LogP contribution in [0.3, 0.4) is 0 Å². The molecule has 0 amide bonds. The molecule has 4 rings (SSSR count). The molecule has 11 heteroatoms. The lowest BCUT2D eigenvalue weighted by Gasteiger charge is -2.10. The number of benzene rings is 1. The normalized spacial score (nSPS) is 12.3. The van der Waals surface area contributed by atoms with E-state index in [4.69, 9.17) is 0 Å². The van der Waals surface area contributed by atoms with Gasteiger partial charge in [-0.1, -0.05) is 6.07 Å². The number of alkyl halides is 6. The average Bonchev–Trinajstić information content (AvgIpc) is 3.08. The Hall–Kier alpha value is -3.63. The van der Waals surface area contributed by atoms with Crippen molar-refractivity contribution < 1.29 is 26.3 Å². The molecule has 0 fully saturated rings. The summed E-state index contributed by atoms with van der Waals surface area (Å²) in [5.74, 6) is 0.0654. The van der Waals surface area contributed by atoms with E-state index in [-0.39, 0.29) is 28.3 Å². The Kier molecular flexibility index (Phi) is 4.60. The molecule has 0 saturated heterocycles. The molecule has 0 radical (unpaired) electrons. The Morgan fingerprint density at radius 3 is 2.23 bits per heavy atom. The smallest absolute Gasteiger partial charge is 0.339 e. The van der Waals surface area contributed by atoms with E-state index in [0.29, 0.717) is 0 Å². The van der Waals surface area contributed by atoms with Crippen LogP contribution in [0.1, 0.15) is 11.3 Å². The lowest BCUT2D eigenvalue weighted by Crippen LogP contribution is -2.08. The molecule has 0 spiro atoms. The molecule has 154 valence electrons. The number of pyridine rings is 1. The van der Waals surface area contributed by atoms with Crippen LogP contribution in [0.4, 0.5) is 37.8 Å². The van der Waals surface area contributed by atoms with Crippen molar-refractivity contribution in [2.75, 3.05) is 5.32 Å². The van der Waals surface area contributed by atoms with Crippen LogP contribution in [0.5, 0.6) is 0 Å². The Balaban J connectivity index is 1.73. The third-order valence-electron chi connectivity index (χ3n) is 4.18. The van der Waals surface area contributed by atoms with Gasteiger partial charge in [0.2, 0.25) is 0 Å². The molecule has 0 aliphatic heterocycles. The van der Waals surface area contributed by atoms with Gasteiger partial charge in [-0.05, 0) is 36.4 Å². The topological polar surface area (TPSA) is 55.1 Å². The second kappa shape index (κ2) is 7.01. The van der Waals surface area contributed by atoms with Crippen molar-refractivity contribution in [2.45, 2.75) is 12.4 Å². The van der Waals surface area contributed by atoms with E-state index in [1.54, 1.807) is 6.07 Å². The van der Waals surface area contributed by atoms with E-state index in [0.717, 1.165) is 22.8 Å². The van der Waals surface area contributed by atoms with E-state index >= 15 is 0 Å². The number of halogens is 6.